The lowest BCUT2D eigenvalue weighted by molar-refractivity contribution is -0.142. The van der Waals surface area contributed by atoms with Crippen LogP contribution in [-0.2, 0) is 19.2 Å². The molecule has 1 aliphatic heterocycles. The topological polar surface area (TPSA) is 39.1 Å². The van der Waals surface area contributed by atoms with Crippen LogP contribution >= 0.6 is 12.4 Å². The van der Waals surface area contributed by atoms with Crippen molar-refractivity contribution < 1.29 is 17.9 Å². The van der Waals surface area contributed by atoms with E-state index in [-0.39, 0.29) is 24.7 Å². The first-order valence-electron chi connectivity index (χ1n) is 8.22. The van der Waals surface area contributed by atoms with Gasteiger partial charge in [-0.25, -0.2) is 4.68 Å². The normalized spacial score (nSPS) is 12.9. The van der Waals surface area contributed by atoms with Gasteiger partial charge in [-0.1, -0.05) is 18.2 Å². The third kappa shape index (κ3) is 4.03. The van der Waals surface area contributed by atoms with Crippen molar-refractivity contribution in [1.82, 2.24) is 9.78 Å². The number of aromatic nitrogens is 2. The minimum atomic E-state index is -4.50. The van der Waals surface area contributed by atoms with E-state index in [1.165, 1.54) is 0 Å². The van der Waals surface area contributed by atoms with E-state index in [0.29, 0.717) is 11.4 Å². The number of nitrogens with zero attached hydrogens (tertiary/aromatic N) is 2. The predicted molar refractivity (Wildman–Crippen MR) is 98.8 cm³/mol. The molecule has 0 fully saturated rings. The van der Waals surface area contributed by atoms with Gasteiger partial charge in [0.1, 0.15) is 23.7 Å². The zero-order valence-electron chi connectivity index (χ0n) is 14.2. The summed E-state index contributed by atoms with van der Waals surface area (Å²) in [7, 11) is 0. The molecule has 0 amide bonds. The molecule has 0 radical (unpaired) electrons. The zero-order chi connectivity index (χ0) is 18.1. The Labute approximate surface area is 160 Å². The molecule has 3 aromatic rings. The van der Waals surface area contributed by atoms with Crippen LogP contribution in [0.4, 0.5) is 18.9 Å². The fourth-order valence-electron chi connectivity index (χ4n) is 3.00. The van der Waals surface area contributed by atoms with E-state index in [0.717, 1.165) is 35.0 Å². The van der Waals surface area contributed by atoms with Gasteiger partial charge in [-0.05, 0) is 48.4 Å². The number of fused-ring (bicyclic) bond motifs is 1. The van der Waals surface area contributed by atoms with E-state index in [1.807, 2.05) is 12.1 Å². The summed E-state index contributed by atoms with van der Waals surface area (Å²) in [6.45, 7) is 0.852. The SMILES string of the molecule is Cl.FC(F)(F)c1cc(COc2ccc3c(c2)CCN3)nn1-c1ccccc1. The molecule has 0 saturated heterocycles. The van der Waals surface area contributed by atoms with Crippen LogP contribution in [0.15, 0.2) is 54.6 Å². The third-order valence-corrected chi connectivity index (χ3v) is 4.22. The molecule has 1 aliphatic rings. The van der Waals surface area contributed by atoms with Crippen molar-refractivity contribution in [2.75, 3.05) is 11.9 Å². The smallest absolute Gasteiger partial charge is 0.433 e. The van der Waals surface area contributed by atoms with Crippen LogP contribution in [-0.4, -0.2) is 16.3 Å². The molecule has 1 aromatic heterocycles. The van der Waals surface area contributed by atoms with Gasteiger partial charge in [-0.2, -0.15) is 18.3 Å². The molecule has 0 bridgehead atoms. The largest absolute Gasteiger partial charge is 0.487 e. The van der Waals surface area contributed by atoms with Crippen molar-refractivity contribution in [3.05, 3.63) is 71.5 Å². The number of anilines is 1. The number of hydrogen-bond donors (Lipinski definition) is 1. The molecular formula is C19H17ClF3N3O. The van der Waals surface area contributed by atoms with Crippen LogP contribution in [0.3, 0.4) is 0 Å². The van der Waals surface area contributed by atoms with E-state index in [9.17, 15) is 13.2 Å². The summed E-state index contributed by atoms with van der Waals surface area (Å²) >= 11 is 0. The molecule has 8 heteroatoms. The number of nitrogens with one attached hydrogen (secondary N) is 1. The molecule has 142 valence electrons. The lowest BCUT2D eigenvalue weighted by Crippen LogP contribution is -2.13. The molecule has 0 unspecified atom stereocenters. The maximum Gasteiger partial charge on any atom is 0.433 e. The Kier molecular flexibility index (Phi) is 5.32. The van der Waals surface area contributed by atoms with Crippen molar-refractivity contribution in [3.8, 4) is 11.4 Å². The molecule has 27 heavy (non-hydrogen) atoms. The van der Waals surface area contributed by atoms with Crippen molar-refractivity contribution >= 4 is 18.1 Å². The van der Waals surface area contributed by atoms with Crippen molar-refractivity contribution in [2.45, 2.75) is 19.2 Å². The van der Waals surface area contributed by atoms with Gasteiger partial charge in [0.05, 0.1) is 5.69 Å². The number of para-hydroxylation sites is 1. The number of ether oxygens (including phenoxy) is 1. The maximum atomic E-state index is 13.4. The second kappa shape index (κ2) is 7.52. The molecule has 0 saturated carbocycles. The van der Waals surface area contributed by atoms with Gasteiger partial charge in [-0.15, -0.1) is 12.4 Å². The van der Waals surface area contributed by atoms with Gasteiger partial charge in [0.25, 0.3) is 0 Å². The predicted octanol–water partition coefficient (Wildman–Crippen LogP) is 4.86. The molecule has 2 heterocycles. The second-order valence-electron chi connectivity index (χ2n) is 6.05. The minimum absolute atomic E-state index is 0. The fourth-order valence-corrected chi connectivity index (χ4v) is 3.00. The molecule has 0 aliphatic carbocycles. The zero-order valence-corrected chi connectivity index (χ0v) is 15.0. The van der Waals surface area contributed by atoms with Gasteiger partial charge < -0.3 is 10.1 Å². The van der Waals surface area contributed by atoms with E-state index in [2.05, 4.69) is 10.4 Å². The highest BCUT2D eigenvalue weighted by atomic mass is 35.5. The van der Waals surface area contributed by atoms with Crippen molar-refractivity contribution in [1.29, 1.82) is 0 Å². The quantitative estimate of drug-likeness (QED) is 0.685. The van der Waals surface area contributed by atoms with E-state index in [1.54, 1.807) is 36.4 Å². The van der Waals surface area contributed by atoms with Crippen LogP contribution in [0.25, 0.3) is 5.69 Å². The van der Waals surface area contributed by atoms with Gasteiger partial charge >= 0.3 is 6.18 Å². The van der Waals surface area contributed by atoms with Crippen molar-refractivity contribution in [3.63, 3.8) is 0 Å². The monoisotopic (exact) mass is 395 g/mol. The summed E-state index contributed by atoms with van der Waals surface area (Å²) < 4.78 is 46.6. The molecule has 2 aromatic carbocycles. The first kappa shape index (κ1) is 19.1. The fraction of sp³-hybridized carbons (Fsp3) is 0.211. The average Bonchev–Trinajstić information content (AvgIpc) is 3.27. The summed E-state index contributed by atoms with van der Waals surface area (Å²) in [5.41, 5.74) is 1.98. The highest BCUT2D eigenvalue weighted by Gasteiger charge is 2.36. The Hall–Kier alpha value is -2.67. The summed E-state index contributed by atoms with van der Waals surface area (Å²) in [4.78, 5) is 0. The maximum absolute atomic E-state index is 13.4. The van der Waals surface area contributed by atoms with Crippen LogP contribution in [0.5, 0.6) is 5.75 Å². The number of alkyl halides is 3. The summed E-state index contributed by atoms with van der Waals surface area (Å²) in [6, 6.07) is 14.9. The minimum Gasteiger partial charge on any atom is -0.487 e. The Bertz CT molecular complexity index is 926. The highest BCUT2D eigenvalue weighted by Crippen LogP contribution is 2.32. The first-order valence-corrected chi connectivity index (χ1v) is 8.22. The van der Waals surface area contributed by atoms with Gasteiger partial charge in [0, 0.05) is 12.2 Å². The number of benzene rings is 2. The first-order chi connectivity index (χ1) is 12.5. The average molecular weight is 396 g/mol. The molecule has 1 N–H and O–H groups in total. The van der Waals surface area contributed by atoms with E-state index < -0.39 is 11.9 Å². The van der Waals surface area contributed by atoms with Crippen LogP contribution < -0.4 is 10.1 Å². The van der Waals surface area contributed by atoms with Crippen LogP contribution in [0.1, 0.15) is 17.0 Å². The van der Waals surface area contributed by atoms with Crippen LogP contribution in [0, 0.1) is 0 Å². The van der Waals surface area contributed by atoms with Crippen molar-refractivity contribution in [2.24, 2.45) is 0 Å². The van der Waals surface area contributed by atoms with Crippen LogP contribution in [0.2, 0.25) is 0 Å². The Morgan fingerprint density at radius 2 is 1.85 bits per heavy atom. The standard InChI is InChI=1S/C19H16F3N3O.ClH/c20-19(21,22)18-11-14(24-25(18)15-4-2-1-3-5-15)12-26-16-6-7-17-13(10-16)8-9-23-17;/h1-7,10-11,23H,8-9,12H2;1H. The van der Waals surface area contributed by atoms with Gasteiger partial charge in [0.15, 0.2) is 0 Å². The lowest BCUT2D eigenvalue weighted by Gasteiger charge is -2.09. The number of rotatable bonds is 4. The van der Waals surface area contributed by atoms with E-state index >= 15 is 0 Å². The lowest BCUT2D eigenvalue weighted by atomic mass is 10.1. The molecule has 4 rings (SSSR count). The Morgan fingerprint density at radius 3 is 2.59 bits per heavy atom. The van der Waals surface area contributed by atoms with Gasteiger partial charge in [0.2, 0.25) is 0 Å². The summed E-state index contributed by atoms with van der Waals surface area (Å²) in [6.07, 6.45) is -3.59. The number of halogens is 4. The molecule has 4 nitrogen and oxygen atoms in total. The van der Waals surface area contributed by atoms with Gasteiger partial charge in [-0.3, -0.25) is 0 Å². The molecule has 0 spiro atoms. The van der Waals surface area contributed by atoms with E-state index in [4.69, 9.17) is 4.74 Å². The molecule has 0 atom stereocenters. The Balaban J connectivity index is 0.00000210. The highest BCUT2D eigenvalue weighted by molar-refractivity contribution is 5.85. The number of hydrogen-bond acceptors (Lipinski definition) is 3. The third-order valence-electron chi connectivity index (χ3n) is 4.22. The summed E-state index contributed by atoms with van der Waals surface area (Å²) in [5, 5.41) is 7.34. The summed E-state index contributed by atoms with van der Waals surface area (Å²) in [5.74, 6) is 0.621. The molecular weight excluding hydrogens is 379 g/mol. The second-order valence-corrected chi connectivity index (χ2v) is 6.05. The Morgan fingerprint density at radius 1 is 1.07 bits per heavy atom.